The largest absolute Gasteiger partial charge is 0.508 e. The van der Waals surface area contributed by atoms with E-state index >= 15 is 0 Å². The number of nitrogens with one attached hydrogen (secondary N) is 1. The van der Waals surface area contributed by atoms with Crippen molar-refractivity contribution in [2.24, 2.45) is 0 Å². The number of morpholine rings is 1. The number of phenols is 1. The Bertz CT molecular complexity index is 1840. The molecule has 0 spiro atoms. The quantitative estimate of drug-likeness (QED) is 0.233. The zero-order chi connectivity index (χ0) is 37.5. The maximum Gasteiger partial charge on any atom is 0.412 e. The second-order valence-electron chi connectivity index (χ2n) is 14.5. The van der Waals surface area contributed by atoms with Crippen LogP contribution in [0.25, 0.3) is 0 Å². The summed E-state index contributed by atoms with van der Waals surface area (Å²) in [7, 11) is 0. The minimum atomic E-state index is -2.16. The highest BCUT2D eigenvalue weighted by Gasteiger charge is 2.50. The van der Waals surface area contributed by atoms with Crippen molar-refractivity contribution in [2.75, 3.05) is 26.4 Å². The van der Waals surface area contributed by atoms with Crippen LogP contribution in [0.15, 0.2) is 40.8 Å². The SMILES string of the molecule is CCOc1cc(C(=O)N2C3COCC2C(c2nc(C)c(CCl)o2)C3)ccc1C(=O)NC[C@@H](O)[C@@]1(O)Cc2ccc(O)cc2CN1C(=O)OC(C)(C)C. The van der Waals surface area contributed by atoms with Gasteiger partial charge in [0.1, 0.15) is 29.0 Å². The summed E-state index contributed by atoms with van der Waals surface area (Å²) in [6.07, 6.45) is -2.09. The van der Waals surface area contributed by atoms with Crippen LogP contribution in [-0.2, 0) is 28.3 Å². The van der Waals surface area contributed by atoms with Gasteiger partial charge in [-0.1, -0.05) is 6.07 Å². The van der Waals surface area contributed by atoms with E-state index < -0.39 is 36.0 Å². The number of phenolic OH excluding ortho intramolecular Hbond substituents is 1. The number of aliphatic hydroxyl groups is 2. The molecule has 280 valence electrons. The van der Waals surface area contributed by atoms with Crippen LogP contribution < -0.4 is 10.1 Å². The highest BCUT2D eigenvalue weighted by atomic mass is 35.5. The number of aryl methyl sites for hydroxylation is 1. The van der Waals surface area contributed by atoms with E-state index in [0.717, 1.165) is 4.90 Å². The summed E-state index contributed by atoms with van der Waals surface area (Å²) >= 11 is 6.02. The minimum Gasteiger partial charge on any atom is -0.508 e. The third-order valence-electron chi connectivity index (χ3n) is 9.74. The van der Waals surface area contributed by atoms with E-state index in [1.807, 2.05) is 6.92 Å². The monoisotopic (exact) mass is 740 g/mol. The van der Waals surface area contributed by atoms with Crippen LogP contribution in [0.5, 0.6) is 11.5 Å². The Kier molecular flexibility index (Phi) is 10.5. The standard InChI is InChI=1S/C37H45ClN4O10/c1-6-50-29-12-21(34(46)42-24-13-27(28(42)19-49-18-24)33-40-20(2)30(15-38)51-33)8-10-26(29)32(45)39-16-31(44)37(48)14-22-7-9-25(43)11-23(22)17-41(37)35(47)52-36(3,4)5/h7-12,24,27-28,31,43-44,48H,6,13-19H2,1-5H3,(H,39,45)/t24?,27?,28?,31-,37+/m1/s1. The number of amides is 3. The van der Waals surface area contributed by atoms with Gasteiger partial charge in [-0.15, -0.1) is 11.6 Å². The van der Waals surface area contributed by atoms with E-state index in [9.17, 15) is 29.7 Å². The van der Waals surface area contributed by atoms with Gasteiger partial charge in [-0.2, -0.15) is 0 Å². The summed E-state index contributed by atoms with van der Waals surface area (Å²) in [5.74, 6) is 0.431. The fraction of sp³-hybridized carbons (Fsp3) is 0.514. The number of alkyl halides is 1. The molecule has 2 aromatic carbocycles. The molecule has 0 radical (unpaired) electrons. The molecule has 14 nitrogen and oxygen atoms in total. The van der Waals surface area contributed by atoms with E-state index in [1.165, 1.54) is 24.3 Å². The van der Waals surface area contributed by atoms with Crippen LogP contribution in [0.3, 0.4) is 0 Å². The summed E-state index contributed by atoms with van der Waals surface area (Å²) in [5.41, 5.74) is -0.727. The van der Waals surface area contributed by atoms with E-state index in [-0.39, 0.29) is 66.4 Å². The Morgan fingerprint density at radius 2 is 1.92 bits per heavy atom. The van der Waals surface area contributed by atoms with E-state index in [0.29, 0.717) is 53.7 Å². The summed E-state index contributed by atoms with van der Waals surface area (Å²) in [6, 6.07) is 8.59. The summed E-state index contributed by atoms with van der Waals surface area (Å²) in [5, 5.41) is 35.9. The number of hydrogen-bond acceptors (Lipinski definition) is 11. The molecule has 1 aromatic heterocycles. The average Bonchev–Trinajstić information content (AvgIpc) is 3.57. The van der Waals surface area contributed by atoms with Gasteiger partial charge in [-0.05, 0) is 82.5 Å². The Hall–Kier alpha value is -4.37. The van der Waals surface area contributed by atoms with Gasteiger partial charge in [0.2, 0.25) is 0 Å². The third-order valence-corrected chi connectivity index (χ3v) is 9.98. The molecule has 2 saturated heterocycles. The Morgan fingerprint density at radius 3 is 2.62 bits per heavy atom. The molecule has 0 aliphatic carbocycles. The minimum absolute atomic E-state index is 0.0112. The van der Waals surface area contributed by atoms with Gasteiger partial charge in [0.05, 0.1) is 61.5 Å². The molecule has 52 heavy (non-hydrogen) atoms. The third kappa shape index (κ3) is 7.29. The van der Waals surface area contributed by atoms with E-state index in [4.69, 9.17) is 30.2 Å². The molecule has 4 heterocycles. The maximum absolute atomic E-state index is 14.0. The van der Waals surface area contributed by atoms with Gasteiger partial charge in [0.15, 0.2) is 11.6 Å². The number of aliphatic hydroxyl groups excluding tert-OH is 1. The molecule has 3 aliphatic heterocycles. The number of carbonyl (C=O) groups is 3. The van der Waals surface area contributed by atoms with Crippen molar-refractivity contribution >= 4 is 29.5 Å². The molecule has 5 atom stereocenters. The smallest absolute Gasteiger partial charge is 0.412 e. The number of oxazole rings is 1. The highest BCUT2D eigenvalue weighted by Crippen LogP contribution is 2.42. The lowest BCUT2D eigenvalue weighted by Crippen LogP contribution is -2.64. The Morgan fingerprint density at radius 1 is 1.15 bits per heavy atom. The molecule has 3 amide bonds. The van der Waals surface area contributed by atoms with Crippen molar-refractivity contribution in [1.82, 2.24) is 20.1 Å². The van der Waals surface area contributed by atoms with Crippen molar-refractivity contribution in [3.8, 4) is 11.5 Å². The summed E-state index contributed by atoms with van der Waals surface area (Å²) in [6.45, 7) is 8.92. The molecule has 4 N–H and O–H groups in total. The second kappa shape index (κ2) is 14.6. The van der Waals surface area contributed by atoms with E-state index in [2.05, 4.69) is 10.3 Å². The lowest BCUT2D eigenvalue weighted by atomic mass is 9.87. The van der Waals surface area contributed by atoms with Crippen molar-refractivity contribution < 1.29 is 48.3 Å². The van der Waals surface area contributed by atoms with Gasteiger partial charge >= 0.3 is 6.09 Å². The van der Waals surface area contributed by atoms with Crippen LogP contribution in [0.1, 0.15) is 89.2 Å². The summed E-state index contributed by atoms with van der Waals surface area (Å²) in [4.78, 5) is 48.3. The average molecular weight is 741 g/mol. The van der Waals surface area contributed by atoms with Gasteiger partial charge < -0.3 is 44.2 Å². The van der Waals surface area contributed by atoms with Crippen LogP contribution in [0.4, 0.5) is 4.79 Å². The van der Waals surface area contributed by atoms with Crippen molar-refractivity contribution in [1.29, 1.82) is 0 Å². The molecule has 3 aromatic rings. The molecule has 6 rings (SSSR count). The molecule has 2 fully saturated rings. The van der Waals surface area contributed by atoms with Gasteiger partial charge in [-0.3, -0.25) is 14.5 Å². The number of aromatic nitrogens is 1. The normalized spacial score (nSPS) is 23.2. The lowest BCUT2D eigenvalue weighted by Gasteiger charge is -2.46. The second-order valence-corrected chi connectivity index (χ2v) is 14.7. The van der Waals surface area contributed by atoms with Crippen molar-refractivity contribution in [2.45, 2.75) is 95.3 Å². The zero-order valence-electron chi connectivity index (χ0n) is 29.8. The topological polar surface area (TPSA) is 184 Å². The van der Waals surface area contributed by atoms with Gasteiger partial charge in [0, 0.05) is 18.5 Å². The zero-order valence-corrected chi connectivity index (χ0v) is 30.6. The first-order valence-electron chi connectivity index (χ1n) is 17.3. The predicted octanol–water partition coefficient (Wildman–Crippen LogP) is 4.00. The first-order valence-corrected chi connectivity index (χ1v) is 17.9. The maximum atomic E-state index is 14.0. The first kappa shape index (κ1) is 37.4. The number of nitrogens with zero attached hydrogens (tertiary/aromatic N) is 3. The number of carbonyl (C=O) groups excluding carboxylic acids is 3. The molecule has 0 saturated carbocycles. The fourth-order valence-electron chi connectivity index (χ4n) is 7.18. The van der Waals surface area contributed by atoms with Gasteiger partial charge in [0.25, 0.3) is 11.8 Å². The Labute approximate surface area is 306 Å². The highest BCUT2D eigenvalue weighted by molar-refractivity contribution is 6.16. The number of fused-ring (bicyclic) bond motifs is 3. The number of hydrogen-bond donors (Lipinski definition) is 4. The molecule has 3 unspecified atom stereocenters. The molecular formula is C37H45ClN4O10. The lowest BCUT2D eigenvalue weighted by molar-refractivity contribution is -0.177. The molecule has 15 heteroatoms. The van der Waals surface area contributed by atoms with Crippen LogP contribution in [0.2, 0.25) is 0 Å². The fourth-order valence-corrected chi connectivity index (χ4v) is 7.43. The number of aromatic hydroxyl groups is 1. The van der Waals surface area contributed by atoms with Crippen molar-refractivity contribution in [3.05, 3.63) is 76.0 Å². The van der Waals surface area contributed by atoms with Crippen molar-refractivity contribution in [3.63, 3.8) is 0 Å². The number of rotatable bonds is 9. The predicted molar refractivity (Wildman–Crippen MR) is 187 cm³/mol. The number of ether oxygens (including phenoxy) is 3. The Balaban J connectivity index is 1.19. The van der Waals surface area contributed by atoms with Crippen LogP contribution >= 0.6 is 11.6 Å². The number of benzene rings is 2. The molecule has 3 aliphatic rings. The van der Waals surface area contributed by atoms with Crippen LogP contribution in [-0.4, -0.2) is 104 Å². The first-order chi connectivity index (χ1) is 24.6. The summed E-state index contributed by atoms with van der Waals surface area (Å²) < 4.78 is 23.1. The number of halogens is 1. The molecule has 2 bridgehead atoms. The molecular weight excluding hydrogens is 696 g/mol. The van der Waals surface area contributed by atoms with E-state index in [1.54, 1.807) is 44.7 Å². The van der Waals surface area contributed by atoms with Crippen LogP contribution in [0, 0.1) is 6.92 Å². The van der Waals surface area contributed by atoms with Gasteiger partial charge in [-0.25, -0.2) is 9.78 Å².